The summed E-state index contributed by atoms with van der Waals surface area (Å²) >= 11 is 5.96. The van der Waals surface area contributed by atoms with Crippen LogP contribution in [-0.2, 0) is 6.61 Å². The smallest absolute Gasteiger partial charge is 0.252 e. The van der Waals surface area contributed by atoms with E-state index in [1.807, 2.05) is 0 Å². The van der Waals surface area contributed by atoms with Gasteiger partial charge in [0.2, 0.25) is 0 Å². The lowest BCUT2D eigenvalue weighted by Crippen LogP contribution is -2.14. The van der Waals surface area contributed by atoms with Gasteiger partial charge in [-0.2, -0.15) is 0 Å². The monoisotopic (exact) mass is 306 g/mol. The van der Waals surface area contributed by atoms with Crippen LogP contribution in [-0.4, -0.2) is 13.0 Å². The normalized spacial score (nSPS) is 10.2. The molecule has 0 radical (unpaired) electrons. The van der Waals surface area contributed by atoms with Crippen molar-refractivity contribution in [3.05, 3.63) is 52.5 Å². The number of hydrogen-bond acceptors (Lipinski definition) is 4. The first-order valence-electron chi connectivity index (χ1n) is 6.16. The number of rotatable bonds is 5. The molecule has 0 saturated heterocycles. The van der Waals surface area contributed by atoms with Crippen LogP contribution < -0.4 is 20.9 Å². The highest BCUT2D eigenvalue weighted by Crippen LogP contribution is 2.29. The Kier molecular flexibility index (Phi) is 4.55. The maximum absolute atomic E-state index is 11.4. The van der Waals surface area contributed by atoms with Crippen LogP contribution in [0, 0.1) is 0 Å². The highest BCUT2D eigenvalue weighted by molar-refractivity contribution is 6.30. The fourth-order valence-corrected chi connectivity index (χ4v) is 2.11. The van der Waals surface area contributed by atoms with E-state index in [-0.39, 0.29) is 17.9 Å². The number of primary amides is 1. The largest absolute Gasteiger partial charge is 0.496 e. The molecular formula is C15H15ClN2O3. The number of anilines is 1. The van der Waals surface area contributed by atoms with Crippen molar-refractivity contribution in [1.29, 1.82) is 0 Å². The molecule has 0 aliphatic carbocycles. The zero-order chi connectivity index (χ0) is 15.4. The SMILES string of the molecule is COc1ccc(Cl)cc1COc1c(N)cccc1C(N)=O. The highest BCUT2D eigenvalue weighted by Gasteiger charge is 2.13. The Hall–Kier alpha value is -2.40. The molecule has 0 aromatic heterocycles. The maximum atomic E-state index is 11.4. The molecule has 0 bridgehead atoms. The third kappa shape index (κ3) is 3.38. The summed E-state index contributed by atoms with van der Waals surface area (Å²) in [4.78, 5) is 11.4. The van der Waals surface area contributed by atoms with Crippen molar-refractivity contribution in [1.82, 2.24) is 0 Å². The van der Waals surface area contributed by atoms with Crippen LogP contribution in [0.15, 0.2) is 36.4 Å². The molecular weight excluding hydrogens is 292 g/mol. The fraction of sp³-hybridized carbons (Fsp3) is 0.133. The summed E-state index contributed by atoms with van der Waals surface area (Å²) in [6.07, 6.45) is 0. The number of benzene rings is 2. The number of carbonyl (C=O) groups is 1. The predicted molar refractivity (Wildman–Crippen MR) is 81.7 cm³/mol. The van der Waals surface area contributed by atoms with Crippen molar-refractivity contribution in [2.75, 3.05) is 12.8 Å². The average Bonchev–Trinajstić information content (AvgIpc) is 2.45. The van der Waals surface area contributed by atoms with Crippen molar-refractivity contribution in [3.8, 4) is 11.5 Å². The minimum Gasteiger partial charge on any atom is -0.496 e. The van der Waals surface area contributed by atoms with Crippen molar-refractivity contribution >= 4 is 23.2 Å². The molecule has 21 heavy (non-hydrogen) atoms. The third-order valence-electron chi connectivity index (χ3n) is 2.93. The van der Waals surface area contributed by atoms with E-state index in [4.69, 9.17) is 32.5 Å². The van der Waals surface area contributed by atoms with Gasteiger partial charge in [0, 0.05) is 10.6 Å². The Labute approximate surface area is 127 Å². The van der Waals surface area contributed by atoms with Gasteiger partial charge in [-0.25, -0.2) is 0 Å². The first-order chi connectivity index (χ1) is 10.0. The zero-order valence-electron chi connectivity index (χ0n) is 11.4. The number of nitrogens with two attached hydrogens (primary N) is 2. The average molecular weight is 307 g/mol. The van der Waals surface area contributed by atoms with Gasteiger partial charge in [0.25, 0.3) is 5.91 Å². The highest BCUT2D eigenvalue weighted by atomic mass is 35.5. The Morgan fingerprint density at radius 1 is 1.29 bits per heavy atom. The molecule has 0 saturated carbocycles. The lowest BCUT2D eigenvalue weighted by molar-refractivity contribution is 0.0996. The molecule has 110 valence electrons. The third-order valence-corrected chi connectivity index (χ3v) is 3.16. The molecule has 0 unspecified atom stereocenters. The first kappa shape index (κ1) is 15.0. The fourth-order valence-electron chi connectivity index (χ4n) is 1.92. The molecule has 6 heteroatoms. The molecule has 5 nitrogen and oxygen atoms in total. The maximum Gasteiger partial charge on any atom is 0.252 e. The van der Waals surface area contributed by atoms with Crippen LogP contribution in [0.4, 0.5) is 5.69 Å². The van der Waals surface area contributed by atoms with Gasteiger partial charge in [0.05, 0.1) is 18.4 Å². The second-order valence-electron chi connectivity index (χ2n) is 4.33. The molecule has 2 aromatic rings. The number of amides is 1. The molecule has 2 aromatic carbocycles. The van der Waals surface area contributed by atoms with E-state index in [9.17, 15) is 4.79 Å². The second-order valence-corrected chi connectivity index (χ2v) is 4.77. The standard InChI is InChI=1S/C15H15ClN2O3/c1-20-13-6-5-10(16)7-9(13)8-21-14-11(15(18)19)3-2-4-12(14)17/h2-7H,8,17H2,1H3,(H2,18,19). The van der Waals surface area contributed by atoms with E-state index < -0.39 is 5.91 Å². The van der Waals surface area contributed by atoms with E-state index >= 15 is 0 Å². The first-order valence-corrected chi connectivity index (χ1v) is 6.54. The molecule has 0 aliphatic rings. The van der Waals surface area contributed by atoms with E-state index in [0.717, 1.165) is 5.56 Å². The summed E-state index contributed by atoms with van der Waals surface area (Å²) in [7, 11) is 1.55. The second kappa shape index (κ2) is 6.37. The number of nitrogen functional groups attached to an aromatic ring is 1. The predicted octanol–water partition coefficient (Wildman–Crippen LogP) is 2.61. The van der Waals surface area contributed by atoms with E-state index in [2.05, 4.69) is 0 Å². The van der Waals surface area contributed by atoms with Crippen molar-refractivity contribution in [3.63, 3.8) is 0 Å². The number of ether oxygens (including phenoxy) is 2. The van der Waals surface area contributed by atoms with Gasteiger partial charge in [-0.1, -0.05) is 17.7 Å². The summed E-state index contributed by atoms with van der Waals surface area (Å²) in [6, 6.07) is 10.0. The van der Waals surface area contributed by atoms with Gasteiger partial charge in [0.15, 0.2) is 5.75 Å². The summed E-state index contributed by atoms with van der Waals surface area (Å²) in [5, 5.41) is 0.561. The molecule has 1 amide bonds. The molecule has 0 atom stereocenters. The van der Waals surface area contributed by atoms with Crippen LogP contribution in [0.25, 0.3) is 0 Å². The molecule has 0 fully saturated rings. The molecule has 4 N–H and O–H groups in total. The molecule has 0 heterocycles. The van der Waals surface area contributed by atoms with Gasteiger partial charge in [-0.05, 0) is 30.3 Å². The van der Waals surface area contributed by atoms with Gasteiger partial charge >= 0.3 is 0 Å². The number of halogens is 1. The van der Waals surface area contributed by atoms with E-state index in [0.29, 0.717) is 16.5 Å². The van der Waals surface area contributed by atoms with Crippen molar-refractivity contribution in [2.45, 2.75) is 6.61 Å². The summed E-state index contributed by atoms with van der Waals surface area (Å²) < 4.78 is 10.9. The van der Waals surface area contributed by atoms with Gasteiger partial charge < -0.3 is 20.9 Å². The molecule has 0 aliphatic heterocycles. The quantitative estimate of drug-likeness (QED) is 0.831. The van der Waals surface area contributed by atoms with Crippen molar-refractivity contribution < 1.29 is 14.3 Å². The van der Waals surface area contributed by atoms with Crippen LogP contribution in [0.3, 0.4) is 0 Å². The topological polar surface area (TPSA) is 87.6 Å². The number of carbonyl (C=O) groups excluding carboxylic acids is 1. The Bertz CT molecular complexity index is 674. The zero-order valence-corrected chi connectivity index (χ0v) is 12.2. The van der Waals surface area contributed by atoms with Crippen LogP contribution >= 0.6 is 11.6 Å². The minimum atomic E-state index is -0.602. The van der Waals surface area contributed by atoms with Crippen molar-refractivity contribution in [2.24, 2.45) is 5.73 Å². The van der Waals surface area contributed by atoms with Crippen LogP contribution in [0.2, 0.25) is 5.02 Å². The lowest BCUT2D eigenvalue weighted by Gasteiger charge is -2.14. The van der Waals surface area contributed by atoms with Crippen LogP contribution in [0.1, 0.15) is 15.9 Å². The van der Waals surface area contributed by atoms with Gasteiger partial charge in [0.1, 0.15) is 12.4 Å². The van der Waals surface area contributed by atoms with Gasteiger partial charge in [-0.3, -0.25) is 4.79 Å². The van der Waals surface area contributed by atoms with E-state index in [1.54, 1.807) is 43.5 Å². The minimum absolute atomic E-state index is 0.151. The number of methoxy groups -OCH3 is 1. The number of para-hydroxylation sites is 1. The molecule has 0 spiro atoms. The number of hydrogen-bond donors (Lipinski definition) is 2. The summed E-state index contributed by atoms with van der Waals surface area (Å²) in [5.74, 6) is 0.289. The summed E-state index contributed by atoms with van der Waals surface area (Å²) in [5.41, 5.74) is 12.5. The van der Waals surface area contributed by atoms with Gasteiger partial charge in [-0.15, -0.1) is 0 Å². The molecule has 2 rings (SSSR count). The Balaban J connectivity index is 2.28. The Morgan fingerprint density at radius 2 is 2.05 bits per heavy atom. The van der Waals surface area contributed by atoms with Crippen LogP contribution in [0.5, 0.6) is 11.5 Å². The lowest BCUT2D eigenvalue weighted by atomic mass is 10.1. The Morgan fingerprint density at radius 3 is 2.71 bits per heavy atom. The summed E-state index contributed by atoms with van der Waals surface area (Å²) in [6.45, 7) is 0.151. The van der Waals surface area contributed by atoms with E-state index in [1.165, 1.54) is 0 Å².